The number of benzene rings is 1. The van der Waals surface area contributed by atoms with E-state index >= 15 is 0 Å². The summed E-state index contributed by atoms with van der Waals surface area (Å²) in [7, 11) is 1.56. The standard InChI is InChI=1S/C11H14N2O5/c1-18-7-3-6-12-9-5-2-4-8(11(14)15)10(9)13(16)17/h2,4-5,12H,3,6-7H2,1H3,(H,14,15). The summed E-state index contributed by atoms with van der Waals surface area (Å²) < 4.78 is 4.85. The molecule has 0 spiro atoms. The van der Waals surface area contributed by atoms with Gasteiger partial charge in [0.15, 0.2) is 0 Å². The second-order valence-corrected chi connectivity index (χ2v) is 3.54. The van der Waals surface area contributed by atoms with Gasteiger partial charge < -0.3 is 15.2 Å². The van der Waals surface area contributed by atoms with Gasteiger partial charge in [-0.1, -0.05) is 6.07 Å². The first-order valence-corrected chi connectivity index (χ1v) is 5.31. The zero-order chi connectivity index (χ0) is 13.5. The van der Waals surface area contributed by atoms with Crippen LogP contribution in [0, 0.1) is 10.1 Å². The number of nitrogens with one attached hydrogen (secondary N) is 1. The van der Waals surface area contributed by atoms with Gasteiger partial charge in [0.2, 0.25) is 0 Å². The number of ether oxygens (including phenoxy) is 1. The lowest BCUT2D eigenvalue weighted by molar-refractivity contribution is -0.384. The van der Waals surface area contributed by atoms with Gasteiger partial charge in [0.1, 0.15) is 11.3 Å². The van der Waals surface area contributed by atoms with Crippen molar-refractivity contribution in [2.75, 3.05) is 25.6 Å². The summed E-state index contributed by atoms with van der Waals surface area (Å²) in [5, 5.41) is 22.6. The summed E-state index contributed by atoms with van der Waals surface area (Å²) in [4.78, 5) is 21.1. The van der Waals surface area contributed by atoms with E-state index in [9.17, 15) is 14.9 Å². The zero-order valence-electron chi connectivity index (χ0n) is 9.88. The van der Waals surface area contributed by atoms with Gasteiger partial charge in [0.25, 0.3) is 0 Å². The van der Waals surface area contributed by atoms with Crippen molar-refractivity contribution in [3.63, 3.8) is 0 Å². The topological polar surface area (TPSA) is 102 Å². The number of methoxy groups -OCH3 is 1. The van der Waals surface area contributed by atoms with Gasteiger partial charge in [0.05, 0.1) is 4.92 Å². The maximum atomic E-state index is 10.9. The van der Waals surface area contributed by atoms with Crippen molar-refractivity contribution in [1.29, 1.82) is 0 Å². The minimum atomic E-state index is -1.32. The van der Waals surface area contributed by atoms with Gasteiger partial charge in [-0.25, -0.2) is 4.79 Å². The van der Waals surface area contributed by atoms with Crippen LogP contribution < -0.4 is 5.32 Å². The van der Waals surface area contributed by atoms with Crippen molar-refractivity contribution in [3.8, 4) is 0 Å². The van der Waals surface area contributed by atoms with Crippen molar-refractivity contribution in [2.45, 2.75) is 6.42 Å². The van der Waals surface area contributed by atoms with Crippen LogP contribution >= 0.6 is 0 Å². The molecule has 0 bridgehead atoms. The molecule has 1 aromatic carbocycles. The lowest BCUT2D eigenvalue weighted by atomic mass is 10.1. The molecule has 0 saturated heterocycles. The number of nitro benzene ring substituents is 1. The predicted molar refractivity (Wildman–Crippen MR) is 65.0 cm³/mol. The fourth-order valence-electron chi connectivity index (χ4n) is 1.50. The molecule has 0 aliphatic heterocycles. The highest BCUT2D eigenvalue weighted by Crippen LogP contribution is 2.28. The van der Waals surface area contributed by atoms with Crippen LogP contribution in [-0.4, -0.2) is 36.3 Å². The number of carbonyl (C=O) groups is 1. The second-order valence-electron chi connectivity index (χ2n) is 3.54. The largest absolute Gasteiger partial charge is 0.477 e. The molecule has 7 nitrogen and oxygen atoms in total. The van der Waals surface area contributed by atoms with E-state index in [4.69, 9.17) is 9.84 Å². The van der Waals surface area contributed by atoms with Crippen molar-refractivity contribution in [1.82, 2.24) is 0 Å². The molecule has 0 saturated carbocycles. The van der Waals surface area contributed by atoms with E-state index < -0.39 is 16.6 Å². The molecule has 0 aliphatic rings. The van der Waals surface area contributed by atoms with E-state index in [0.717, 1.165) is 0 Å². The number of hydrogen-bond donors (Lipinski definition) is 2. The van der Waals surface area contributed by atoms with Crippen LogP contribution in [0.2, 0.25) is 0 Å². The molecule has 0 radical (unpaired) electrons. The van der Waals surface area contributed by atoms with E-state index in [-0.39, 0.29) is 11.3 Å². The normalized spacial score (nSPS) is 10.1. The molecule has 1 rings (SSSR count). The molecule has 18 heavy (non-hydrogen) atoms. The Balaban J connectivity index is 2.93. The Labute approximate surface area is 104 Å². The molecule has 0 aliphatic carbocycles. The Morgan fingerprint density at radius 3 is 2.83 bits per heavy atom. The van der Waals surface area contributed by atoms with Crippen LogP contribution in [0.1, 0.15) is 16.8 Å². The lowest BCUT2D eigenvalue weighted by Gasteiger charge is -2.08. The van der Waals surface area contributed by atoms with Gasteiger partial charge in [-0.3, -0.25) is 10.1 Å². The predicted octanol–water partition coefficient (Wildman–Crippen LogP) is 1.74. The number of nitro groups is 1. The molecule has 0 amide bonds. The van der Waals surface area contributed by atoms with Crippen molar-refractivity contribution >= 4 is 17.3 Å². The first-order valence-electron chi connectivity index (χ1n) is 5.31. The fraction of sp³-hybridized carbons (Fsp3) is 0.364. The van der Waals surface area contributed by atoms with Crippen LogP contribution in [0.25, 0.3) is 0 Å². The van der Waals surface area contributed by atoms with Crippen LogP contribution in [0.3, 0.4) is 0 Å². The minimum Gasteiger partial charge on any atom is -0.477 e. The van der Waals surface area contributed by atoms with Crippen LogP contribution in [0.5, 0.6) is 0 Å². The summed E-state index contributed by atoms with van der Waals surface area (Å²) in [6.07, 6.45) is 0.672. The number of rotatable bonds is 7. The highest BCUT2D eigenvalue weighted by Gasteiger charge is 2.23. The molecule has 98 valence electrons. The average molecular weight is 254 g/mol. The fourth-order valence-corrected chi connectivity index (χ4v) is 1.50. The van der Waals surface area contributed by atoms with E-state index in [2.05, 4.69) is 5.32 Å². The summed E-state index contributed by atoms with van der Waals surface area (Å²) in [5.41, 5.74) is -0.532. The summed E-state index contributed by atoms with van der Waals surface area (Å²) in [6, 6.07) is 4.16. The second kappa shape index (κ2) is 6.55. The monoisotopic (exact) mass is 254 g/mol. The average Bonchev–Trinajstić information content (AvgIpc) is 2.33. The van der Waals surface area contributed by atoms with E-state index in [1.165, 1.54) is 18.2 Å². The molecule has 0 heterocycles. The molecule has 1 aromatic rings. The number of aromatic carboxylic acids is 1. The van der Waals surface area contributed by atoms with Gasteiger partial charge in [0, 0.05) is 20.3 Å². The van der Waals surface area contributed by atoms with Crippen LogP contribution in [-0.2, 0) is 4.74 Å². The minimum absolute atomic E-state index is 0.205. The zero-order valence-corrected chi connectivity index (χ0v) is 9.88. The first kappa shape index (κ1) is 13.9. The Hall–Kier alpha value is -2.15. The number of hydrogen-bond acceptors (Lipinski definition) is 5. The van der Waals surface area contributed by atoms with Crippen molar-refractivity contribution in [2.24, 2.45) is 0 Å². The van der Waals surface area contributed by atoms with Gasteiger partial charge in [-0.2, -0.15) is 0 Å². The highest BCUT2D eigenvalue weighted by molar-refractivity contribution is 5.95. The summed E-state index contributed by atoms with van der Waals surface area (Å²) >= 11 is 0. The maximum Gasteiger partial charge on any atom is 0.342 e. The van der Waals surface area contributed by atoms with Crippen LogP contribution in [0.4, 0.5) is 11.4 Å². The Bertz CT molecular complexity index is 447. The number of carboxylic acid groups (broad SMARTS) is 1. The van der Waals surface area contributed by atoms with Gasteiger partial charge in [-0.15, -0.1) is 0 Å². The Morgan fingerprint density at radius 1 is 1.56 bits per heavy atom. The summed E-state index contributed by atoms with van der Waals surface area (Å²) in [5.74, 6) is -1.32. The third-order valence-electron chi connectivity index (χ3n) is 2.29. The smallest absolute Gasteiger partial charge is 0.342 e. The molecule has 0 fully saturated rings. The number of nitrogens with zero attached hydrogens (tertiary/aromatic N) is 1. The van der Waals surface area contributed by atoms with Gasteiger partial charge in [-0.05, 0) is 18.6 Å². The molecule has 7 heteroatoms. The molecule has 0 atom stereocenters. The SMILES string of the molecule is COCCCNc1cccc(C(=O)O)c1[N+](=O)[O-]. The van der Waals surface area contributed by atoms with Crippen molar-refractivity contribution < 1.29 is 19.6 Å². The van der Waals surface area contributed by atoms with Gasteiger partial charge >= 0.3 is 11.7 Å². The number of anilines is 1. The van der Waals surface area contributed by atoms with E-state index in [1.54, 1.807) is 7.11 Å². The van der Waals surface area contributed by atoms with Crippen molar-refractivity contribution in [3.05, 3.63) is 33.9 Å². The molecule has 2 N–H and O–H groups in total. The molecular formula is C11H14N2O5. The third-order valence-corrected chi connectivity index (χ3v) is 2.29. The first-order chi connectivity index (χ1) is 8.57. The third kappa shape index (κ3) is 3.42. The maximum absolute atomic E-state index is 10.9. The van der Waals surface area contributed by atoms with E-state index in [1.807, 2.05) is 0 Å². The van der Waals surface area contributed by atoms with Crippen LogP contribution in [0.15, 0.2) is 18.2 Å². The number of carboxylic acids is 1. The molecule has 0 aromatic heterocycles. The quantitative estimate of drug-likeness (QED) is 0.436. The molecule has 0 unspecified atom stereocenters. The Kier molecular flexibility index (Phi) is 5.06. The Morgan fingerprint density at radius 2 is 2.28 bits per heavy atom. The summed E-state index contributed by atoms with van der Waals surface area (Å²) in [6.45, 7) is 0.997. The highest BCUT2D eigenvalue weighted by atomic mass is 16.6. The number of para-hydroxylation sites is 1. The lowest BCUT2D eigenvalue weighted by Crippen LogP contribution is -2.09. The molecular weight excluding hydrogens is 240 g/mol. The van der Waals surface area contributed by atoms with E-state index in [0.29, 0.717) is 19.6 Å².